The van der Waals surface area contributed by atoms with Crippen molar-refractivity contribution in [3.05, 3.63) is 91.0 Å². The molecule has 0 radical (unpaired) electrons. The van der Waals surface area contributed by atoms with Crippen LogP contribution in [0.1, 0.15) is 0 Å². The van der Waals surface area contributed by atoms with Crippen molar-refractivity contribution in [3.8, 4) is 0 Å². The maximum atomic E-state index is 2.53. The molecule has 8 aromatic rings. The molecule has 0 aliphatic heterocycles. The maximum absolute atomic E-state index is 2.53. The van der Waals surface area contributed by atoms with Crippen LogP contribution in [0.15, 0.2) is 91.0 Å². The van der Waals surface area contributed by atoms with Gasteiger partial charge in [-0.2, -0.15) is 0 Å². The van der Waals surface area contributed by atoms with Crippen molar-refractivity contribution in [1.82, 2.24) is 4.40 Å². The lowest BCUT2D eigenvalue weighted by Crippen LogP contribution is -1.80. The normalized spacial score (nSPS) is 12.7. The molecule has 2 heteroatoms. The minimum atomic E-state index is 1.30. The van der Waals surface area contributed by atoms with Crippen LogP contribution in [0.25, 0.3) is 69.0 Å². The highest BCUT2D eigenvalue weighted by molar-refractivity contribution is 7.26. The van der Waals surface area contributed by atoms with Gasteiger partial charge >= 0.3 is 0 Å². The Morgan fingerprint density at radius 3 is 2.20 bits per heavy atom. The number of fused-ring (bicyclic) bond motifs is 12. The van der Waals surface area contributed by atoms with Gasteiger partial charge in [-0.3, -0.25) is 0 Å². The molecular formula is C28H15NS. The summed E-state index contributed by atoms with van der Waals surface area (Å²) in [5.74, 6) is 0. The monoisotopic (exact) mass is 397 g/mol. The summed E-state index contributed by atoms with van der Waals surface area (Å²) in [5, 5.41) is 10.8. The summed E-state index contributed by atoms with van der Waals surface area (Å²) in [6.45, 7) is 0. The second-order valence-corrected chi connectivity index (χ2v) is 9.21. The Morgan fingerprint density at radius 1 is 0.533 bits per heavy atom. The van der Waals surface area contributed by atoms with Gasteiger partial charge in [0.05, 0.1) is 21.3 Å². The van der Waals surface area contributed by atoms with E-state index < -0.39 is 0 Å². The fourth-order valence-electron chi connectivity index (χ4n) is 5.49. The van der Waals surface area contributed by atoms with E-state index in [1.807, 2.05) is 11.3 Å². The fraction of sp³-hybridized carbons (Fsp3) is 0. The van der Waals surface area contributed by atoms with Gasteiger partial charge < -0.3 is 4.40 Å². The second kappa shape index (κ2) is 5.10. The van der Waals surface area contributed by atoms with E-state index >= 15 is 0 Å². The molecule has 8 rings (SSSR count). The highest BCUT2D eigenvalue weighted by Crippen LogP contribution is 2.47. The summed E-state index contributed by atoms with van der Waals surface area (Å²) in [6.07, 6.45) is 0. The lowest BCUT2D eigenvalue weighted by atomic mass is 10.00. The number of rotatable bonds is 0. The molecule has 138 valence electrons. The molecule has 0 bridgehead atoms. The molecular weight excluding hydrogens is 382 g/mol. The molecule has 30 heavy (non-hydrogen) atoms. The van der Waals surface area contributed by atoms with Gasteiger partial charge in [0.25, 0.3) is 0 Å². The number of para-hydroxylation sites is 1. The van der Waals surface area contributed by atoms with Crippen LogP contribution in [0, 0.1) is 0 Å². The van der Waals surface area contributed by atoms with Crippen LogP contribution >= 0.6 is 11.3 Å². The van der Waals surface area contributed by atoms with E-state index in [1.165, 1.54) is 69.0 Å². The predicted octanol–water partition coefficient (Wildman–Crippen LogP) is 8.36. The van der Waals surface area contributed by atoms with Crippen LogP contribution in [0.2, 0.25) is 0 Å². The van der Waals surface area contributed by atoms with Gasteiger partial charge in [0.2, 0.25) is 0 Å². The van der Waals surface area contributed by atoms with Crippen LogP contribution in [0.5, 0.6) is 0 Å². The lowest BCUT2D eigenvalue weighted by molar-refractivity contribution is 1.39. The summed E-state index contributed by atoms with van der Waals surface area (Å²) in [6, 6.07) is 33.5. The van der Waals surface area contributed by atoms with E-state index in [0.29, 0.717) is 0 Å². The Morgan fingerprint density at radius 2 is 1.27 bits per heavy atom. The van der Waals surface area contributed by atoms with E-state index in [1.54, 1.807) is 0 Å². The van der Waals surface area contributed by atoms with Crippen LogP contribution in [0.3, 0.4) is 0 Å². The number of thiophene rings is 1. The van der Waals surface area contributed by atoms with Crippen molar-refractivity contribution in [2.24, 2.45) is 0 Å². The number of benzene rings is 5. The van der Waals surface area contributed by atoms with Crippen LogP contribution in [-0.4, -0.2) is 4.40 Å². The van der Waals surface area contributed by atoms with Crippen molar-refractivity contribution in [2.45, 2.75) is 0 Å². The Hall–Kier alpha value is -3.62. The Balaban J connectivity index is 1.80. The standard InChI is InChI=1S/C28H15NS/c1-2-8-17-16(7-1)15-22-19-13-14-20-18-9-4-6-12-24(18)30-28(20)27(19)29-23-11-5-3-10-21(23)25(17)26(22)29/h1-15H. The molecule has 0 fully saturated rings. The molecule has 0 aliphatic rings. The van der Waals surface area contributed by atoms with E-state index in [0.717, 1.165) is 0 Å². The van der Waals surface area contributed by atoms with Gasteiger partial charge in [0, 0.05) is 37.0 Å². The van der Waals surface area contributed by atoms with Crippen LogP contribution in [0.4, 0.5) is 0 Å². The van der Waals surface area contributed by atoms with Crippen molar-refractivity contribution in [3.63, 3.8) is 0 Å². The first-order chi connectivity index (χ1) is 14.9. The van der Waals surface area contributed by atoms with E-state index in [4.69, 9.17) is 0 Å². The summed E-state index contributed by atoms with van der Waals surface area (Å²) < 4.78 is 5.27. The molecule has 0 atom stereocenters. The Labute approximate surface area is 175 Å². The zero-order valence-electron chi connectivity index (χ0n) is 16.0. The number of aromatic nitrogens is 1. The average molecular weight is 398 g/mol. The van der Waals surface area contributed by atoms with Gasteiger partial charge in [-0.15, -0.1) is 11.3 Å². The van der Waals surface area contributed by atoms with E-state index in [-0.39, 0.29) is 0 Å². The van der Waals surface area contributed by atoms with Crippen LogP contribution < -0.4 is 0 Å². The molecule has 0 spiro atoms. The zero-order chi connectivity index (χ0) is 19.4. The number of hydrogen-bond donors (Lipinski definition) is 0. The second-order valence-electron chi connectivity index (χ2n) is 8.16. The van der Waals surface area contributed by atoms with Gasteiger partial charge in [-0.1, -0.05) is 72.8 Å². The van der Waals surface area contributed by atoms with E-state index in [9.17, 15) is 0 Å². The molecule has 0 aliphatic carbocycles. The van der Waals surface area contributed by atoms with Crippen LogP contribution in [-0.2, 0) is 0 Å². The van der Waals surface area contributed by atoms with Crippen molar-refractivity contribution >= 4 is 80.4 Å². The summed E-state index contributed by atoms with van der Waals surface area (Å²) in [4.78, 5) is 0. The first kappa shape index (κ1) is 15.3. The third-order valence-corrected chi connectivity index (χ3v) is 7.89. The molecule has 0 saturated carbocycles. The number of nitrogens with zero attached hydrogens (tertiary/aromatic N) is 1. The summed E-state index contributed by atoms with van der Waals surface area (Å²) in [5.41, 5.74) is 4.01. The number of hydrogen-bond acceptors (Lipinski definition) is 1. The van der Waals surface area contributed by atoms with Gasteiger partial charge in [-0.25, -0.2) is 0 Å². The summed E-state index contributed by atoms with van der Waals surface area (Å²) >= 11 is 1.92. The zero-order valence-corrected chi connectivity index (χ0v) is 16.8. The van der Waals surface area contributed by atoms with Gasteiger partial charge in [-0.05, 0) is 29.0 Å². The lowest BCUT2D eigenvalue weighted by Gasteiger charge is -2.02. The molecule has 0 unspecified atom stereocenters. The minimum Gasteiger partial charge on any atom is -0.307 e. The smallest absolute Gasteiger partial charge is 0.0720 e. The molecule has 3 aromatic heterocycles. The molecule has 3 heterocycles. The molecule has 0 saturated heterocycles. The van der Waals surface area contributed by atoms with Crippen molar-refractivity contribution < 1.29 is 0 Å². The Kier molecular flexibility index (Phi) is 2.59. The molecule has 0 N–H and O–H groups in total. The van der Waals surface area contributed by atoms with Crippen molar-refractivity contribution in [1.29, 1.82) is 0 Å². The van der Waals surface area contributed by atoms with Gasteiger partial charge in [0.1, 0.15) is 0 Å². The quantitative estimate of drug-likeness (QED) is 0.242. The topological polar surface area (TPSA) is 4.41 Å². The predicted molar refractivity (Wildman–Crippen MR) is 131 cm³/mol. The van der Waals surface area contributed by atoms with E-state index in [2.05, 4.69) is 95.4 Å². The first-order valence-corrected chi connectivity index (χ1v) is 11.1. The fourth-order valence-corrected chi connectivity index (χ4v) is 6.73. The highest BCUT2D eigenvalue weighted by atomic mass is 32.1. The summed E-state index contributed by atoms with van der Waals surface area (Å²) in [7, 11) is 0. The third kappa shape index (κ3) is 1.63. The molecule has 0 amide bonds. The van der Waals surface area contributed by atoms with Gasteiger partial charge in [0.15, 0.2) is 0 Å². The largest absolute Gasteiger partial charge is 0.307 e. The first-order valence-electron chi connectivity index (χ1n) is 10.3. The maximum Gasteiger partial charge on any atom is 0.0720 e. The third-order valence-electron chi connectivity index (χ3n) is 6.69. The molecule has 1 nitrogen and oxygen atoms in total. The minimum absolute atomic E-state index is 1.30. The van der Waals surface area contributed by atoms with Crippen molar-refractivity contribution in [2.75, 3.05) is 0 Å². The molecule has 5 aromatic carbocycles. The SMILES string of the molecule is c1ccc2c(c1)cc1c3ccc4c5ccccc5sc4c3n3c4ccccc4c2c13. The Bertz CT molecular complexity index is 1950. The highest BCUT2D eigenvalue weighted by Gasteiger charge is 2.21. The average Bonchev–Trinajstić information content (AvgIpc) is 3.44.